The van der Waals surface area contributed by atoms with Gasteiger partial charge in [-0.05, 0) is 36.4 Å². The van der Waals surface area contributed by atoms with E-state index in [1.807, 2.05) is 0 Å². The lowest BCUT2D eigenvalue weighted by Gasteiger charge is -2.22. The van der Waals surface area contributed by atoms with Gasteiger partial charge in [0, 0.05) is 0 Å². The van der Waals surface area contributed by atoms with Gasteiger partial charge >= 0.3 is 0 Å². The molecule has 0 amide bonds. The largest absolute Gasteiger partial charge is 0.870 e. The fourth-order valence-corrected chi connectivity index (χ4v) is 5.83. The number of hydrogen-bond acceptors (Lipinski definition) is 1. The van der Waals surface area contributed by atoms with Crippen LogP contribution in [0.3, 0.4) is 0 Å². The van der Waals surface area contributed by atoms with Gasteiger partial charge in [-0.25, -0.2) is 0 Å². The lowest BCUT2D eigenvalue weighted by molar-refractivity contribution is 0.824. The van der Waals surface area contributed by atoms with Gasteiger partial charge in [0.2, 0.25) is 0 Å². The minimum atomic E-state index is -1.53. The van der Waals surface area contributed by atoms with Crippen LogP contribution in [0.15, 0.2) is 91.0 Å². The van der Waals surface area contributed by atoms with Crippen LogP contribution in [0.4, 0.5) is 0 Å². The molecule has 0 bridgehead atoms. The van der Waals surface area contributed by atoms with Crippen molar-refractivity contribution in [2.45, 2.75) is 0 Å². The van der Waals surface area contributed by atoms with Gasteiger partial charge in [0.05, 0.1) is 6.66 Å². The van der Waals surface area contributed by atoms with Crippen LogP contribution in [0.2, 0.25) is 0 Å². The molecule has 0 saturated heterocycles. The zero-order valence-electron chi connectivity index (χ0n) is 12.1. The first-order valence-electron chi connectivity index (χ1n) is 6.85. The Labute approximate surface area is 126 Å². The average Bonchev–Trinajstić information content (AvgIpc) is 2.56. The Balaban J connectivity index is 0.00000161. The molecule has 0 aliphatic carbocycles. The van der Waals surface area contributed by atoms with E-state index in [1.165, 1.54) is 15.9 Å². The van der Waals surface area contributed by atoms with E-state index in [0.717, 1.165) is 0 Å². The SMILES string of the molecule is C[P+](c1ccccc1)(c1ccccc1)c1ccccc1.[OH-]. The van der Waals surface area contributed by atoms with E-state index in [-0.39, 0.29) is 5.48 Å². The van der Waals surface area contributed by atoms with Crippen LogP contribution < -0.4 is 15.9 Å². The highest BCUT2D eigenvalue weighted by atomic mass is 31.2. The molecule has 3 aromatic rings. The van der Waals surface area contributed by atoms with Crippen molar-refractivity contribution in [2.24, 2.45) is 0 Å². The van der Waals surface area contributed by atoms with Gasteiger partial charge in [-0.15, -0.1) is 0 Å². The van der Waals surface area contributed by atoms with Crippen molar-refractivity contribution >= 4 is 23.2 Å². The lowest BCUT2D eigenvalue weighted by atomic mass is 10.4. The predicted molar refractivity (Wildman–Crippen MR) is 93.0 cm³/mol. The summed E-state index contributed by atoms with van der Waals surface area (Å²) >= 11 is 0. The van der Waals surface area contributed by atoms with E-state index >= 15 is 0 Å². The summed E-state index contributed by atoms with van der Waals surface area (Å²) in [5.41, 5.74) is 0. The number of benzene rings is 3. The highest BCUT2D eigenvalue weighted by molar-refractivity contribution is 7.95. The van der Waals surface area contributed by atoms with Crippen LogP contribution in [-0.4, -0.2) is 12.1 Å². The molecule has 0 aliphatic heterocycles. The Kier molecular flexibility index (Phi) is 4.90. The first-order chi connectivity index (χ1) is 9.82. The molecule has 0 radical (unpaired) electrons. The molecular formula is C19H19OP. The van der Waals surface area contributed by atoms with Gasteiger partial charge in [-0.2, -0.15) is 0 Å². The zero-order valence-corrected chi connectivity index (χ0v) is 12.9. The normalized spacial score (nSPS) is 10.7. The Morgan fingerprint density at radius 2 is 0.714 bits per heavy atom. The molecule has 0 fully saturated rings. The minimum absolute atomic E-state index is 0. The second-order valence-corrected chi connectivity index (χ2v) is 8.57. The summed E-state index contributed by atoms with van der Waals surface area (Å²) in [5.74, 6) is 0. The van der Waals surface area contributed by atoms with Gasteiger partial charge in [-0.1, -0.05) is 54.6 Å². The van der Waals surface area contributed by atoms with Crippen molar-refractivity contribution in [3.05, 3.63) is 91.0 Å². The highest BCUT2D eigenvalue weighted by Crippen LogP contribution is 2.51. The summed E-state index contributed by atoms with van der Waals surface area (Å²) in [4.78, 5) is 0. The molecule has 0 spiro atoms. The quantitative estimate of drug-likeness (QED) is 0.681. The van der Waals surface area contributed by atoms with E-state index in [1.54, 1.807) is 0 Å². The first-order valence-corrected chi connectivity index (χ1v) is 9.09. The molecule has 0 aliphatic rings. The average molecular weight is 294 g/mol. The molecule has 0 heterocycles. The zero-order chi connectivity index (χ0) is 13.8. The summed E-state index contributed by atoms with van der Waals surface area (Å²) < 4.78 is 0. The Morgan fingerprint density at radius 1 is 0.476 bits per heavy atom. The second kappa shape index (κ2) is 6.67. The molecule has 3 rings (SSSR count). The Morgan fingerprint density at radius 3 is 0.952 bits per heavy atom. The molecule has 2 heteroatoms. The van der Waals surface area contributed by atoms with Gasteiger partial charge in [0.1, 0.15) is 23.2 Å². The third-order valence-electron chi connectivity index (χ3n) is 3.82. The van der Waals surface area contributed by atoms with Crippen molar-refractivity contribution in [1.82, 2.24) is 0 Å². The Bertz CT molecular complexity index is 569. The van der Waals surface area contributed by atoms with Crippen molar-refractivity contribution in [3.8, 4) is 0 Å². The topological polar surface area (TPSA) is 30.0 Å². The van der Waals surface area contributed by atoms with Crippen LogP contribution in [0.1, 0.15) is 0 Å². The first kappa shape index (κ1) is 15.4. The van der Waals surface area contributed by atoms with E-state index in [2.05, 4.69) is 97.7 Å². The molecule has 21 heavy (non-hydrogen) atoms. The van der Waals surface area contributed by atoms with E-state index < -0.39 is 7.26 Å². The summed E-state index contributed by atoms with van der Waals surface area (Å²) in [6, 6.07) is 32.6. The summed E-state index contributed by atoms with van der Waals surface area (Å²) in [5, 5.41) is 4.28. The molecule has 0 saturated carbocycles. The lowest BCUT2D eigenvalue weighted by Crippen LogP contribution is -2.30. The van der Waals surface area contributed by atoms with Gasteiger partial charge in [-0.3, -0.25) is 0 Å². The summed E-state index contributed by atoms with van der Waals surface area (Å²) in [7, 11) is -1.53. The third kappa shape index (κ3) is 2.90. The van der Waals surface area contributed by atoms with Crippen LogP contribution in [0.5, 0.6) is 0 Å². The second-order valence-electron chi connectivity index (χ2n) is 5.01. The maximum absolute atomic E-state index is 2.41. The van der Waals surface area contributed by atoms with E-state index in [4.69, 9.17) is 0 Å². The van der Waals surface area contributed by atoms with Crippen LogP contribution in [0.25, 0.3) is 0 Å². The van der Waals surface area contributed by atoms with Crippen LogP contribution >= 0.6 is 7.26 Å². The maximum atomic E-state index is 2.41. The monoisotopic (exact) mass is 294 g/mol. The van der Waals surface area contributed by atoms with Crippen LogP contribution in [-0.2, 0) is 0 Å². The number of rotatable bonds is 3. The minimum Gasteiger partial charge on any atom is -0.870 e. The highest BCUT2D eigenvalue weighted by Gasteiger charge is 2.39. The van der Waals surface area contributed by atoms with Crippen molar-refractivity contribution in [2.75, 3.05) is 6.66 Å². The van der Waals surface area contributed by atoms with E-state index in [0.29, 0.717) is 0 Å². The smallest absolute Gasteiger partial charge is 0.109 e. The molecule has 106 valence electrons. The number of hydrogen-bond donors (Lipinski definition) is 0. The van der Waals surface area contributed by atoms with Gasteiger partial charge < -0.3 is 5.48 Å². The Hall–Kier alpha value is -1.95. The fourth-order valence-electron chi connectivity index (χ4n) is 2.63. The van der Waals surface area contributed by atoms with Crippen molar-refractivity contribution < 1.29 is 5.48 Å². The molecular weight excluding hydrogens is 275 g/mol. The summed E-state index contributed by atoms with van der Waals surface area (Å²) in [6.45, 7) is 2.41. The van der Waals surface area contributed by atoms with E-state index in [9.17, 15) is 0 Å². The van der Waals surface area contributed by atoms with Crippen LogP contribution in [0, 0.1) is 0 Å². The molecule has 1 nitrogen and oxygen atoms in total. The predicted octanol–water partition coefficient (Wildman–Crippen LogP) is 3.43. The fraction of sp³-hybridized carbons (Fsp3) is 0.0526. The van der Waals surface area contributed by atoms with Gasteiger partial charge in [0.25, 0.3) is 0 Å². The third-order valence-corrected chi connectivity index (χ3v) is 7.81. The molecule has 1 N–H and O–H groups in total. The molecule has 0 aromatic heterocycles. The standard InChI is InChI=1S/C19H18P.H2O/c1-20(17-11-5-2-6-12-17,18-13-7-3-8-14-18)19-15-9-4-10-16-19;/h2-16H,1H3;1H2/q+1;/p-1. The van der Waals surface area contributed by atoms with Gasteiger partial charge in [0.15, 0.2) is 0 Å². The molecule has 0 atom stereocenters. The van der Waals surface area contributed by atoms with Crippen molar-refractivity contribution in [1.29, 1.82) is 0 Å². The van der Waals surface area contributed by atoms with Crippen molar-refractivity contribution in [3.63, 3.8) is 0 Å². The molecule has 3 aromatic carbocycles. The summed E-state index contributed by atoms with van der Waals surface area (Å²) in [6.07, 6.45) is 0. The molecule has 0 unspecified atom stereocenters. The maximum Gasteiger partial charge on any atom is 0.109 e.